The van der Waals surface area contributed by atoms with Gasteiger partial charge in [0.05, 0.1) is 12.1 Å². The van der Waals surface area contributed by atoms with Gasteiger partial charge < -0.3 is 10.6 Å². The lowest BCUT2D eigenvalue weighted by Crippen LogP contribution is -2.51. The Kier molecular flexibility index (Phi) is 6.01. The minimum atomic E-state index is 0.0276. The standard InChI is InChI=1S/C25H30N6O/c1-18(19-6-3-2-4-7-19)28-25-22-14-20(9-10-23(22)26-17-27-25)29-24(32)16-30-12-13-31-11-5-8-21(31)15-30/h2-4,6-7,9-10,14,17-18,21H,5,8,11-13,15-16H2,1H3,(H,29,32)(H,26,27,28). The molecule has 32 heavy (non-hydrogen) atoms. The summed E-state index contributed by atoms with van der Waals surface area (Å²) in [6, 6.07) is 16.8. The van der Waals surface area contributed by atoms with E-state index in [1.165, 1.54) is 24.9 Å². The highest BCUT2D eigenvalue weighted by atomic mass is 16.2. The number of aromatic nitrogens is 2. The Morgan fingerprint density at radius 3 is 2.88 bits per heavy atom. The van der Waals surface area contributed by atoms with Crippen molar-refractivity contribution < 1.29 is 4.79 Å². The fourth-order valence-electron chi connectivity index (χ4n) is 4.88. The predicted molar refractivity (Wildman–Crippen MR) is 128 cm³/mol. The Labute approximate surface area is 188 Å². The number of anilines is 2. The topological polar surface area (TPSA) is 73.4 Å². The number of nitrogens with zero attached hydrogens (tertiary/aromatic N) is 4. The molecule has 5 rings (SSSR count). The maximum atomic E-state index is 12.7. The van der Waals surface area contributed by atoms with E-state index in [9.17, 15) is 4.79 Å². The molecule has 3 aromatic rings. The van der Waals surface area contributed by atoms with Gasteiger partial charge in [0.2, 0.25) is 5.91 Å². The molecule has 2 aromatic carbocycles. The fourth-order valence-corrected chi connectivity index (χ4v) is 4.88. The zero-order valence-electron chi connectivity index (χ0n) is 18.5. The van der Waals surface area contributed by atoms with Gasteiger partial charge in [-0.15, -0.1) is 0 Å². The van der Waals surface area contributed by atoms with Crippen LogP contribution in [0.1, 0.15) is 31.4 Å². The number of fused-ring (bicyclic) bond motifs is 2. The predicted octanol–water partition coefficient (Wildman–Crippen LogP) is 3.52. The molecule has 0 aliphatic carbocycles. The van der Waals surface area contributed by atoms with Crippen LogP contribution in [0.25, 0.3) is 10.9 Å². The second-order valence-corrected chi connectivity index (χ2v) is 8.85. The molecule has 2 saturated heterocycles. The SMILES string of the molecule is CC(Nc1ncnc2ccc(NC(=O)CN3CCN4CCCC4C3)cc12)c1ccccc1. The van der Waals surface area contributed by atoms with E-state index in [-0.39, 0.29) is 11.9 Å². The first kappa shape index (κ1) is 20.8. The number of hydrogen-bond donors (Lipinski definition) is 2. The quantitative estimate of drug-likeness (QED) is 0.623. The van der Waals surface area contributed by atoms with Crippen molar-refractivity contribution >= 4 is 28.3 Å². The van der Waals surface area contributed by atoms with Gasteiger partial charge in [-0.2, -0.15) is 0 Å². The summed E-state index contributed by atoms with van der Waals surface area (Å²) in [4.78, 5) is 26.4. The van der Waals surface area contributed by atoms with Gasteiger partial charge in [-0.1, -0.05) is 30.3 Å². The van der Waals surface area contributed by atoms with Gasteiger partial charge in [0, 0.05) is 42.8 Å². The first-order valence-corrected chi connectivity index (χ1v) is 11.5. The van der Waals surface area contributed by atoms with Crippen molar-refractivity contribution in [2.75, 3.05) is 43.4 Å². The number of rotatable bonds is 6. The van der Waals surface area contributed by atoms with Crippen LogP contribution in [0.2, 0.25) is 0 Å². The van der Waals surface area contributed by atoms with Gasteiger partial charge in [0.25, 0.3) is 0 Å². The Bertz CT molecular complexity index is 1090. The molecule has 166 valence electrons. The van der Waals surface area contributed by atoms with Crippen LogP contribution in [-0.2, 0) is 4.79 Å². The molecule has 0 radical (unpaired) electrons. The van der Waals surface area contributed by atoms with Crippen molar-refractivity contribution in [2.24, 2.45) is 0 Å². The molecule has 0 bridgehead atoms. The number of carbonyl (C=O) groups is 1. The van der Waals surface area contributed by atoms with E-state index in [1.807, 2.05) is 36.4 Å². The molecule has 1 amide bonds. The molecule has 2 unspecified atom stereocenters. The van der Waals surface area contributed by atoms with E-state index < -0.39 is 0 Å². The van der Waals surface area contributed by atoms with Gasteiger partial charge in [-0.25, -0.2) is 9.97 Å². The van der Waals surface area contributed by atoms with Gasteiger partial charge in [0.1, 0.15) is 12.1 Å². The van der Waals surface area contributed by atoms with Gasteiger partial charge in [-0.05, 0) is 50.1 Å². The van der Waals surface area contributed by atoms with E-state index in [4.69, 9.17) is 0 Å². The van der Waals surface area contributed by atoms with Crippen molar-refractivity contribution in [1.82, 2.24) is 19.8 Å². The minimum absolute atomic E-state index is 0.0276. The number of amides is 1. The molecule has 7 heteroatoms. The molecular weight excluding hydrogens is 400 g/mol. The summed E-state index contributed by atoms with van der Waals surface area (Å²) < 4.78 is 0. The first-order chi connectivity index (χ1) is 15.7. The number of hydrogen-bond acceptors (Lipinski definition) is 6. The molecule has 0 spiro atoms. The Balaban J connectivity index is 1.27. The average Bonchev–Trinajstić information content (AvgIpc) is 3.28. The first-order valence-electron chi connectivity index (χ1n) is 11.5. The van der Waals surface area contributed by atoms with Gasteiger partial charge in [-0.3, -0.25) is 14.6 Å². The molecule has 7 nitrogen and oxygen atoms in total. The van der Waals surface area contributed by atoms with Crippen molar-refractivity contribution in [3.8, 4) is 0 Å². The van der Waals surface area contributed by atoms with Crippen LogP contribution < -0.4 is 10.6 Å². The number of nitrogens with one attached hydrogen (secondary N) is 2. The summed E-state index contributed by atoms with van der Waals surface area (Å²) in [6.45, 7) is 6.77. The van der Waals surface area contributed by atoms with E-state index in [0.717, 1.165) is 42.0 Å². The third-order valence-electron chi connectivity index (χ3n) is 6.61. The minimum Gasteiger partial charge on any atom is -0.363 e. The van der Waals surface area contributed by atoms with Crippen molar-refractivity contribution in [3.05, 3.63) is 60.4 Å². The summed E-state index contributed by atoms with van der Waals surface area (Å²) in [5.74, 6) is 0.791. The summed E-state index contributed by atoms with van der Waals surface area (Å²) in [7, 11) is 0. The van der Waals surface area contributed by atoms with Crippen LogP contribution in [0.5, 0.6) is 0 Å². The highest BCUT2D eigenvalue weighted by molar-refractivity contribution is 5.97. The molecule has 2 N–H and O–H groups in total. The monoisotopic (exact) mass is 430 g/mol. The molecule has 3 heterocycles. The smallest absolute Gasteiger partial charge is 0.238 e. The molecule has 2 atom stereocenters. The van der Waals surface area contributed by atoms with Gasteiger partial charge in [0.15, 0.2) is 0 Å². The molecule has 2 aliphatic heterocycles. The van der Waals surface area contributed by atoms with Crippen molar-refractivity contribution in [3.63, 3.8) is 0 Å². The lowest BCUT2D eigenvalue weighted by Gasteiger charge is -2.37. The Morgan fingerprint density at radius 2 is 2.00 bits per heavy atom. The molecule has 2 aliphatic rings. The summed E-state index contributed by atoms with van der Waals surface area (Å²) >= 11 is 0. The third-order valence-corrected chi connectivity index (χ3v) is 6.61. The largest absolute Gasteiger partial charge is 0.363 e. The van der Waals surface area contributed by atoms with Crippen LogP contribution in [-0.4, -0.2) is 64.4 Å². The zero-order valence-corrected chi connectivity index (χ0v) is 18.5. The Morgan fingerprint density at radius 1 is 1.12 bits per heavy atom. The van der Waals surface area contributed by atoms with E-state index in [1.54, 1.807) is 6.33 Å². The van der Waals surface area contributed by atoms with Crippen LogP contribution in [0.15, 0.2) is 54.9 Å². The molecule has 2 fully saturated rings. The van der Waals surface area contributed by atoms with Crippen LogP contribution in [0.3, 0.4) is 0 Å². The van der Waals surface area contributed by atoms with Gasteiger partial charge >= 0.3 is 0 Å². The Hall–Kier alpha value is -3.03. The van der Waals surface area contributed by atoms with Crippen LogP contribution in [0.4, 0.5) is 11.5 Å². The molecule has 1 aromatic heterocycles. The normalized spacial score (nSPS) is 20.1. The lowest BCUT2D eigenvalue weighted by molar-refractivity contribution is -0.117. The van der Waals surface area contributed by atoms with E-state index in [2.05, 4.69) is 49.5 Å². The maximum Gasteiger partial charge on any atom is 0.238 e. The van der Waals surface area contributed by atoms with Crippen LogP contribution >= 0.6 is 0 Å². The highest BCUT2D eigenvalue weighted by Crippen LogP contribution is 2.27. The zero-order chi connectivity index (χ0) is 21.9. The molecular formula is C25H30N6O. The fraction of sp³-hybridized carbons (Fsp3) is 0.400. The number of carbonyl (C=O) groups excluding carboxylic acids is 1. The third kappa shape index (κ3) is 4.59. The maximum absolute atomic E-state index is 12.7. The highest BCUT2D eigenvalue weighted by Gasteiger charge is 2.31. The van der Waals surface area contributed by atoms with E-state index >= 15 is 0 Å². The number of piperazine rings is 1. The summed E-state index contributed by atoms with van der Waals surface area (Å²) in [5, 5.41) is 7.46. The van der Waals surface area contributed by atoms with Crippen molar-refractivity contribution in [1.29, 1.82) is 0 Å². The second kappa shape index (κ2) is 9.22. The van der Waals surface area contributed by atoms with Crippen molar-refractivity contribution in [2.45, 2.75) is 31.8 Å². The van der Waals surface area contributed by atoms with E-state index in [0.29, 0.717) is 12.6 Å². The molecule has 0 saturated carbocycles. The number of benzene rings is 2. The van der Waals surface area contributed by atoms with Crippen LogP contribution in [0, 0.1) is 0 Å². The summed E-state index contributed by atoms with van der Waals surface area (Å²) in [6.07, 6.45) is 4.10. The summed E-state index contributed by atoms with van der Waals surface area (Å²) in [5.41, 5.74) is 2.80. The second-order valence-electron chi connectivity index (χ2n) is 8.85. The lowest BCUT2D eigenvalue weighted by atomic mass is 10.1. The average molecular weight is 431 g/mol.